The van der Waals surface area contributed by atoms with Crippen LogP contribution in [0, 0.1) is 12.7 Å². The third kappa shape index (κ3) is 6.88. The van der Waals surface area contributed by atoms with E-state index in [4.69, 9.17) is 16.3 Å². The first kappa shape index (κ1) is 26.8. The van der Waals surface area contributed by atoms with E-state index < -0.39 is 34.8 Å². The minimum atomic E-state index is -4.17. The molecule has 0 heterocycles. The molecule has 0 aromatic heterocycles. The highest BCUT2D eigenvalue weighted by molar-refractivity contribution is 9.10. The van der Waals surface area contributed by atoms with Crippen LogP contribution in [0.1, 0.15) is 16.7 Å². The van der Waals surface area contributed by atoms with Gasteiger partial charge < -0.3 is 4.74 Å². The molecule has 1 N–H and O–H groups in total. The van der Waals surface area contributed by atoms with Crippen molar-refractivity contribution < 1.29 is 22.3 Å². The zero-order chi connectivity index (χ0) is 25.6. The van der Waals surface area contributed by atoms with Crippen LogP contribution in [0.4, 0.5) is 4.39 Å². The Bertz CT molecular complexity index is 1330. The van der Waals surface area contributed by atoms with Crippen LogP contribution in [-0.2, 0) is 21.4 Å². The number of amides is 1. The summed E-state index contributed by atoms with van der Waals surface area (Å²) in [5.41, 5.74) is 3.72. The van der Waals surface area contributed by atoms with Crippen LogP contribution < -0.4 is 10.2 Å². The van der Waals surface area contributed by atoms with Gasteiger partial charge in [-0.05, 0) is 49.4 Å². The highest BCUT2D eigenvalue weighted by Crippen LogP contribution is 2.25. The van der Waals surface area contributed by atoms with E-state index in [2.05, 4.69) is 26.5 Å². The molecule has 0 aliphatic rings. The van der Waals surface area contributed by atoms with Crippen molar-refractivity contribution in [1.82, 2.24) is 9.73 Å². The minimum absolute atomic E-state index is 0.0364. The Morgan fingerprint density at radius 1 is 1.20 bits per heavy atom. The number of hydrazone groups is 1. The number of halogens is 3. The van der Waals surface area contributed by atoms with Gasteiger partial charge in [-0.25, -0.2) is 18.2 Å². The Morgan fingerprint density at radius 3 is 2.57 bits per heavy atom. The zero-order valence-electron chi connectivity index (χ0n) is 18.8. The van der Waals surface area contributed by atoms with Gasteiger partial charge in [0.25, 0.3) is 5.91 Å². The first-order chi connectivity index (χ1) is 16.6. The molecule has 0 saturated carbocycles. The zero-order valence-corrected chi connectivity index (χ0v) is 22.0. The monoisotopic (exact) mass is 581 g/mol. The average molecular weight is 583 g/mol. The van der Waals surface area contributed by atoms with Crippen molar-refractivity contribution in [3.63, 3.8) is 0 Å². The fraction of sp³-hybridized carbons (Fsp3) is 0.167. The Hall–Kier alpha value is -2.79. The second-order valence-electron chi connectivity index (χ2n) is 7.47. The molecule has 0 spiro atoms. The fourth-order valence-electron chi connectivity index (χ4n) is 3.12. The van der Waals surface area contributed by atoms with E-state index in [1.807, 2.05) is 6.92 Å². The molecule has 0 fully saturated rings. The lowest BCUT2D eigenvalue weighted by atomic mass is 10.2. The van der Waals surface area contributed by atoms with Gasteiger partial charge in [-0.15, -0.1) is 0 Å². The van der Waals surface area contributed by atoms with Gasteiger partial charge in [-0.3, -0.25) is 4.79 Å². The Kier molecular flexibility index (Phi) is 9.01. The van der Waals surface area contributed by atoms with Gasteiger partial charge in [0.1, 0.15) is 11.6 Å². The maximum Gasteiger partial charge on any atom is 0.255 e. The molecule has 3 aromatic rings. The summed E-state index contributed by atoms with van der Waals surface area (Å²) in [6.07, 6.45) is 1.37. The van der Waals surface area contributed by atoms with Crippen LogP contribution in [0.2, 0.25) is 5.02 Å². The van der Waals surface area contributed by atoms with Gasteiger partial charge in [0, 0.05) is 27.2 Å². The third-order valence-corrected chi connectivity index (χ3v) is 7.61. The normalized spacial score (nSPS) is 11.7. The Labute approximate surface area is 216 Å². The highest BCUT2D eigenvalue weighted by atomic mass is 79.9. The van der Waals surface area contributed by atoms with Crippen molar-refractivity contribution in [3.05, 3.63) is 92.7 Å². The standard InChI is InChI=1S/C24H22BrClFN3O4S/c1-16-6-9-19(10-7-16)35(32,33)30(14-20-21(26)4-3-5-22(20)27)15-24(31)29-28-13-17-12-18(25)8-11-23(17)34-2/h3-13H,14-15H2,1-2H3,(H,29,31)/b28-13-. The highest BCUT2D eigenvalue weighted by Gasteiger charge is 2.28. The van der Waals surface area contributed by atoms with Gasteiger partial charge >= 0.3 is 0 Å². The number of aryl methyl sites for hydroxylation is 1. The van der Waals surface area contributed by atoms with E-state index in [9.17, 15) is 17.6 Å². The summed E-state index contributed by atoms with van der Waals surface area (Å²) >= 11 is 9.47. The number of ether oxygens (including phenoxy) is 1. The van der Waals surface area contributed by atoms with Gasteiger partial charge in [-0.2, -0.15) is 9.41 Å². The van der Waals surface area contributed by atoms with E-state index >= 15 is 0 Å². The largest absolute Gasteiger partial charge is 0.496 e. The molecule has 0 unspecified atom stereocenters. The summed E-state index contributed by atoms with van der Waals surface area (Å²) in [7, 11) is -2.67. The van der Waals surface area contributed by atoms with E-state index in [0.29, 0.717) is 11.3 Å². The van der Waals surface area contributed by atoms with Crippen LogP contribution in [0.3, 0.4) is 0 Å². The van der Waals surface area contributed by atoms with Crippen molar-refractivity contribution in [2.24, 2.45) is 5.10 Å². The molecule has 35 heavy (non-hydrogen) atoms. The van der Waals surface area contributed by atoms with Gasteiger partial charge in [0.05, 0.1) is 24.8 Å². The number of nitrogens with zero attached hydrogens (tertiary/aromatic N) is 2. The number of rotatable bonds is 9. The summed E-state index contributed by atoms with van der Waals surface area (Å²) in [4.78, 5) is 12.6. The lowest BCUT2D eigenvalue weighted by Gasteiger charge is -2.22. The molecular formula is C24H22BrClFN3O4S. The number of hydrogen-bond donors (Lipinski definition) is 1. The maximum atomic E-state index is 14.4. The number of nitrogens with one attached hydrogen (secondary N) is 1. The van der Waals surface area contributed by atoms with E-state index in [1.165, 1.54) is 43.7 Å². The molecule has 0 radical (unpaired) electrons. The number of methoxy groups -OCH3 is 1. The SMILES string of the molecule is COc1ccc(Br)cc1/C=N\NC(=O)CN(Cc1c(F)cccc1Cl)S(=O)(=O)c1ccc(C)cc1. The summed E-state index contributed by atoms with van der Waals surface area (Å²) in [6.45, 7) is 0.755. The number of benzene rings is 3. The number of carbonyl (C=O) groups excluding carboxylic acids is 1. The Balaban J connectivity index is 1.86. The lowest BCUT2D eigenvalue weighted by Crippen LogP contribution is -2.39. The predicted octanol–water partition coefficient (Wildman–Crippen LogP) is 4.90. The van der Waals surface area contributed by atoms with E-state index in [1.54, 1.807) is 30.3 Å². The first-order valence-corrected chi connectivity index (χ1v) is 12.9. The second-order valence-corrected chi connectivity index (χ2v) is 10.7. The Morgan fingerprint density at radius 2 is 1.91 bits per heavy atom. The molecule has 3 aromatic carbocycles. The molecule has 3 rings (SSSR count). The fourth-order valence-corrected chi connectivity index (χ4v) is 5.09. The summed E-state index contributed by atoms with van der Waals surface area (Å²) in [6, 6.07) is 15.4. The van der Waals surface area contributed by atoms with Crippen LogP contribution >= 0.6 is 27.5 Å². The lowest BCUT2D eigenvalue weighted by molar-refractivity contribution is -0.121. The summed E-state index contributed by atoms with van der Waals surface area (Å²) in [5, 5.41) is 3.96. The summed E-state index contributed by atoms with van der Waals surface area (Å²) in [5.74, 6) is -0.871. The molecule has 0 aliphatic carbocycles. The molecule has 0 bridgehead atoms. The van der Waals surface area contributed by atoms with E-state index in [0.717, 1.165) is 14.3 Å². The number of carbonyl (C=O) groups is 1. The van der Waals surface area contributed by atoms with Crippen molar-refractivity contribution in [3.8, 4) is 5.75 Å². The topological polar surface area (TPSA) is 88.1 Å². The maximum absolute atomic E-state index is 14.4. The predicted molar refractivity (Wildman–Crippen MR) is 137 cm³/mol. The molecule has 1 amide bonds. The number of sulfonamides is 1. The van der Waals surface area contributed by atoms with E-state index in [-0.39, 0.29) is 15.5 Å². The minimum Gasteiger partial charge on any atom is -0.496 e. The average Bonchev–Trinajstić information content (AvgIpc) is 2.81. The third-order valence-electron chi connectivity index (χ3n) is 4.96. The van der Waals surface area contributed by atoms with Gasteiger partial charge in [0.15, 0.2) is 0 Å². The molecule has 11 heteroatoms. The van der Waals surface area contributed by atoms with Crippen molar-refractivity contribution in [1.29, 1.82) is 0 Å². The van der Waals surface area contributed by atoms with Crippen LogP contribution in [0.25, 0.3) is 0 Å². The van der Waals surface area contributed by atoms with Crippen LogP contribution in [0.15, 0.2) is 75.1 Å². The van der Waals surface area contributed by atoms with Crippen molar-refractivity contribution in [2.45, 2.75) is 18.4 Å². The van der Waals surface area contributed by atoms with Crippen molar-refractivity contribution >= 4 is 49.7 Å². The molecule has 184 valence electrons. The quantitative estimate of drug-likeness (QED) is 0.287. The van der Waals surface area contributed by atoms with Crippen LogP contribution in [0.5, 0.6) is 5.75 Å². The summed E-state index contributed by atoms with van der Waals surface area (Å²) < 4.78 is 48.0. The first-order valence-electron chi connectivity index (χ1n) is 10.3. The van der Waals surface area contributed by atoms with Crippen molar-refractivity contribution in [2.75, 3.05) is 13.7 Å². The number of hydrogen-bond acceptors (Lipinski definition) is 5. The molecular weight excluding hydrogens is 561 g/mol. The van der Waals surface area contributed by atoms with Gasteiger partial charge in [-0.1, -0.05) is 51.3 Å². The smallest absolute Gasteiger partial charge is 0.255 e. The second kappa shape index (κ2) is 11.8. The molecule has 7 nitrogen and oxygen atoms in total. The van der Waals surface area contributed by atoms with Crippen LogP contribution in [-0.4, -0.2) is 38.5 Å². The molecule has 0 atom stereocenters. The molecule has 0 saturated heterocycles. The molecule has 0 aliphatic heterocycles. The van der Waals surface area contributed by atoms with Gasteiger partial charge in [0.2, 0.25) is 10.0 Å².